The maximum atomic E-state index is 12.9. The number of rotatable bonds is 4. The number of benzene rings is 1. The van der Waals surface area contributed by atoms with Gasteiger partial charge in [-0.15, -0.1) is 0 Å². The first-order valence-electron chi connectivity index (χ1n) is 7.24. The van der Waals surface area contributed by atoms with Crippen molar-refractivity contribution in [1.82, 2.24) is 4.90 Å². The van der Waals surface area contributed by atoms with E-state index in [9.17, 15) is 4.79 Å². The normalized spacial score (nSPS) is 19.6. The van der Waals surface area contributed by atoms with Gasteiger partial charge in [0.05, 0.1) is 15.6 Å². The van der Waals surface area contributed by atoms with Crippen LogP contribution in [0.3, 0.4) is 0 Å². The van der Waals surface area contributed by atoms with Gasteiger partial charge in [0.25, 0.3) is 0 Å². The fourth-order valence-electron chi connectivity index (χ4n) is 2.86. The van der Waals surface area contributed by atoms with E-state index in [1.807, 2.05) is 6.92 Å². The summed E-state index contributed by atoms with van der Waals surface area (Å²) in [5.41, 5.74) is 0.201. The van der Waals surface area contributed by atoms with Crippen molar-refractivity contribution in [3.8, 4) is 0 Å². The van der Waals surface area contributed by atoms with Crippen LogP contribution >= 0.6 is 23.2 Å². The number of likely N-dealkylation sites (tertiary alicyclic amines) is 1. The zero-order valence-electron chi connectivity index (χ0n) is 12.1. The molecule has 0 bridgehead atoms. The van der Waals surface area contributed by atoms with Crippen molar-refractivity contribution in [2.75, 3.05) is 13.1 Å². The van der Waals surface area contributed by atoms with Crippen LogP contribution in [-0.4, -0.2) is 29.3 Å². The third-order valence-corrected chi connectivity index (χ3v) is 5.15. The number of Topliss-reactive ketones (excluding diaryl/α,β-unsaturated/α-hetero) is 1. The number of carbonyl (C=O) groups is 1. The second-order valence-electron chi connectivity index (χ2n) is 5.63. The number of piperidine rings is 1. The van der Waals surface area contributed by atoms with Gasteiger partial charge in [-0.1, -0.05) is 36.5 Å². The van der Waals surface area contributed by atoms with Crippen LogP contribution in [0.2, 0.25) is 10.0 Å². The molecule has 0 radical (unpaired) electrons. The van der Waals surface area contributed by atoms with Gasteiger partial charge < -0.3 is 0 Å². The van der Waals surface area contributed by atoms with Gasteiger partial charge in [0.15, 0.2) is 5.78 Å². The molecule has 1 atom stereocenters. The summed E-state index contributed by atoms with van der Waals surface area (Å²) in [6.45, 7) is 6.11. The zero-order valence-corrected chi connectivity index (χ0v) is 13.6. The third kappa shape index (κ3) is 3.03. The number of ketones is 1. The van der Waals surface area contributed by atoms with E-state index in [2.05, 4.69) is 11.8 Å². The first kappa shape index (κ1) is 15.8. The largest absolute Gasteiger partial charge is 0.292 e. The maximum absolute atomic E-state index is 12.9. The Balaban J connectivity index is 2.29. The molecule has 1 fully saturated rings. The van der Waals surface area contributed by atoms with Crippen LogP contribution < -0.4 is 0 Å². The van der Waals surface area contributed by atoms with Crippen LogP contribution in [0.15, 0.2) is 18.2 Å². The SMILES string of the molecule is CCC(C)(C(=O)c1ccc(Cl)c(Cl)c1)N1CCCCC1. The van der Waals surface area contributed by atoms with Crippen molar-refractivity contribution in [1.29, 1.82) is 0 Å². The second kappa shape index (κ2) is 6.46. The molecule has 1 aliphatic rings. The summed E-state index contributed by atoms with van der Waals surface area (Å²) in [6, 6.07) is 5.15. The lowest BCUT2D eigenvalue weighted by Crippen LogP contribution is -2.53. The molecule has 4 heteroatoms. The highest BCUT2D eigenvalue weighted by molar-refractivity contribution is 6.42. The molecule has 20 heavy (non-hydrogen) atoms. The Kier molecular flexibility index (Phi) is 5.11. The highest BCUT2D eigenvalue weighted by Gasteiger charge is 2.38. The van der Waals surface area contributed by atoms with Crippen molar-refractivity contribution in [3.63, 3.8) is 0 Å². The van der Waals surface area contributed by atoms with Crippen molar-refractivity contribution in [2.24, 2.45) is 0 Å². The summed E-state index contributed by atoms with van der Waals surface area (Å²) in [4.78, 5) is 15.2. The average Bonchev–Trinajstić information content (AvgIpc) is 2.49. The molecule has 1 unspecified atom stereocenters. The van der Waals surface area contributed by atoms with Gasteiger partial charge in [0.2, 0.25) is 0 Å². The van der Waals surface area contributed by atoms with Crippen LogP contribution in [0.4, 0.5) is 0 Å². The van der Waals surface area contributed by atoms with E-state index in [-0.39, 0.29) is 5.78 Å². The molecular weight excluding hydrogens is 293 g/mol. The molecular formula is C16H21Cl2NO. The molecule has 1 heterocycles. The van der Waals surface area contributed by atoms with Gasteiger partial charge in [-0.2, -0.15) is 0 Å². The molecule has 1 aromatic rings. The van der Waals surface area contributed by atoms with Crippen molar-refractivity contribution < 1.29 is 4.79 Å². The van der Waals surface area contributed by atoms with E-state index < -0.39 is 5.54 Å². The van der Waals surface area contributed by atoms with Crippen LogP contribution in [-0.2, 0) is 0 Å². The predicted molar refractivity (Wildman–Crippen MR) is 84.9 cm³/mol. The minimum Gasteiger partial charge on any atom is -0.292 e. The Morgan fingerprint density at radius 2 is 1.85 bits per heavy atom. The Labute approximate surface area is 131 Å². The molecule has 0 amide bonds. The zero-order chi connectivity index (χ0) is 14.8. The molecule has 2 nitrogen and oxygen atoms in total. The maximum Gasteiger partial charge on any atom is 0.182 e. The number of hydrogen-bond acceptors (Lipinski definition) is 2. The van der Waals surface area contributed by atoms with Crippen molar-refractivity contribution in [3.05, 3.63) is 33.8 Å². The Morgan fingerprint density at radius 1 is 1.20 bits per heavy atom. The molecule has 0 N–H and O–H groups in total. The molecule has 0 aliphatic carbocycles. The smallest absolute Gasteiger partial charge is 0.182 e. The van der Waals surface area contributed by atoms with Gasteiger partial charge in [-0.25, -0.2) is 0 Å². The minimum absolute atomic E-state index is 0.139. The van der Waals surface area contributed by atoms with Gasteiger partial charge in [-0.3, -0.25) is 9.69 Å². The van der Waals surface area contributed by atoms with E-state index >= 15 is 0 Å². The molecule has 0 aromatic heterocycles. The molecule has 1 aromatic carbocycles. The van der Waals surface area contributed by atoms with Crippen LogP contribution in [0, 0.1) is 0 Å². The Hall–Kier alpha value is -0.570. The highest BCUT2D eigenvalue weighted by atomic mass is 35.5. The fraction of sp³-hybridized carbons (Fsp3) is 0.562. The quantitative estimate of drug-likeness (QED) is 0.742. The van der Waals surface area contributed by atoms with Crippen molar-refractivity contribution in [2.45, 2.75) is 45.1 Å². The molecule has 0 spiro atoms. The second-order valence-corrected chi connectivity index (χ2v) is 6.45. The van der Waals surface area contributed by atoms with Gasteiger partial charge in [0, 0.05) is 5.56 Å². The van der Waals surface area contributed by atoms with Crippen LogP contribution in [0.5, 0.6) is 0 Å². The highest BCUT2D eigenvalue weighted by Crippen LogP contribution is 2.30. The summed E-state index contributed by atoms with van der Waals surface area (Å²) in [5.74, 6) is 0.139. The van der Waals surface area contributed by atoms with E-state index in [0.717, 1.165) is 19.5 Å². The number of carbonyl (C=O) groups excluding carboxylic acids is 1. The summed E-state index contributed by atoms with van der Waals surface area (Å²) >= 11 is 12.0. The Morgan fingerprint density at radius 3 is 2.40 bits per heavy atom. The van der Waals surface area contributed by atoms with Crippen molar-refractivity contribution >= 4 is 29.0 Å². The summed E-state index contributed by atoms with van der Waals surface area (Å²) in [5, 5.41) is 0.925. The van der Waals surface area contributed by atoms with Gasteiger partial charge >= 0.3 is 0 Å². The fourth-order valence-corrected chi connectivity index (χ4v) is 3.16. The van der Waals surface area contributed by atoms with E-state index in [0.29, 0.717) is 15.6 Å². The lowest BCUT2D eigenvalue weighted by atomic mass is 9.85. The molecule has 2 rings (SSSR count). The number of halogens is 2. The standard InChI is InChI=1S/C16H21Cl2NO/c1-3-16(2,19-9-5-4-6-10-19)15(20)12-7-8-13(17)14(18)11-12/h7-8,11H,3-6,9-10H2,1-2H3. The summed E-state index contributed by atoms with van der Waals surface area (Å²) < 4.78 is 0. The Bertz CT molecular complexity index is 497. The molecule has 1 saturated heterocycles. The van der Waals surface area contributed by atoms with Gasteiger partial charge in [-0.05, 0) is 57.5 Å². The first-order chi connectivity index (χ1) is 9.49. The average molecular weight is 314 g/mol. The number of nitrogens with zero attached hydrogens (tertiary/aromatic N) is 1. The lowest BCUT2D eigenvalue weighted by Gasteiger charge is -2.42. The van der Waals surface area contributed by atoms with E-state index in [1.165, 1.54) is 19.3 Å². The summed E-state index contributed by atoms with van der Waals surface area (Å²) in [6.07, 6.45) is 4.40. The summed E-state index contributed by atoms with van der Waals surface area (Å²) in [7, 11) is 0. The van der Waals surface area contributed by atoms with E-state index in [1.54, 1.807) is 18.2 Å². The van der Waals surface area contributed by atoms with E-state index in [4.69, 9.17) is 23.2 Å². The monoisotopic (exact) mass is 313 g/mol. The lowest BCUT2D eigenvalue weighted by molar-refractivity contribution is 0.0505. The third-order valence-electron chi connectivity index (χ3n) is 4.41. The number of hydrogen-bond donors (Lipinski definition) is 0. The van der Waals surface area contributed by atoms with Crippen LogP contribution in [0.1, 0.15) is 49.9 Å². The molecule has 1 aliphatic heterocycles. The first-order valence-corrected chi connectivity index (χ1v) is 7.99. The minimum atomic E-state index is -0.447. The molecule has 110 valence electrons. The molecule has 0 saturated carbocycles. The van der Waals surface area contributed by atoms with Crippen LogP contribution in [0.25, 0.3) is 0 Å². The predicted octanol–water partition coefficient (Wildman–Crippen LogP) is 4.83. The van der Waals surface area contributed by atoms with Gasteiger partial charge in [0.1, 0.15) is 0 Å². The topological polar surface area (TPSA) is 20.3 Å².